The summed E-state index contributed by atoms with van der Waals surface area (Å²) in [6.07, 6.45) is 0. The molecule has 1 saturated heterocycles. The Bertz CT molecular complexity index is 65.1. The zero-order valence-corrected chi connectivity index (χ0v) is 5.43. The van der Waals surface area contributed by atoms with E-state index < -0.39 is 0 Å². The van der Waals surface area contributed by atoms with Crippen LogP contribution in [0.4, 0.5) is 0 Å². The minimum atomic E-state index is 0.751. The average Bonchev–Trinajstić information content (AvgIpc) is 1.90. The number of hydrogen-bond donors (Lipinski definition) is 1. The van der Waals surface area contributed by atoms with Crippen molar-refractivity contribution in [3.63, 3.8) is 0 Å². The van der Waals surface area contributed by atoms with Gasteiger partial charge >= 0.3 is 0 Å². The Morgan fingerprint density at radius 1 is 1.38 bits per heavy atom. The van der Waals surface area contributed by atoms with E-state index in [0.717, 1.165) is 26.3 Å². The summed E-state index contributed by atoms with van der Waals surface area (Å²) in [6.45, 7) is 3.15. The second kappa shape index (κ2) is 3.29. The largest absolute Gasteiger partial charge is 0.379 e. The second-order valence-corrected chi connectivity index (χ2v) is 1.79. The second-order valence-electron chi connectivity index (χ2n) is 1.62. The molecule has 0 unspecified atom stereocenters. The molecule has 1 aliphatic heterocycles. The summed E-state index contributed by atoms with van der Waals surface area (Å²) in [6, 6.07) is 0. The minimum Gasteiger partial charge on any atom is -0.379 e. The molecule has 0 bridgehead atoms. The van der Waals surface area contributed by atoms with Gasteiger partial charge in [-0.3, -0.25) is 0 Å². The van der Waals surface area contributed by atoms with Gasteiger partial charge in [0.2, 0.25) is 0 Å². The van der Waals surface area contributed by atoms with Crippen molar-refractivity contribution >= 4 is 12.9 Å². The van der Waals surface area contributed by atoms with Crippen molar-refractivity contribution in [1.82, 2.24) is 5.06 Å². The number of rotatable bonds is 1. The molecule has 0 N–H and O–H groups in total. The molecule has 0 aliphatic carbocycles. The summed E-state index contributed by atoms with van der Waals surface area (Å²) in [7, 11) is 0. The van der Waals surface area contributed by atoms with Gasteiger partial charge in [-0.2, -0.15) is 5.06 Å². The Balaban J connectivity index is 2.13. The van der Waals surface area contributed by atoms with Crippen LogP contribution in [0.3, 0.4) is 0 Å². The monoisotopic (exact) mass is 135 g/mol. The molecule has 0 radical (unpaired) electrons. The first-order valence-electron chi connectivity index (χ1n) is 2.57. The lowest BCUT2D eigenvalue weighted by Crippen LogP contribution is -2.34. The molecule has 48 valence electrons. The Morgan fingerprint density at radius 3 is 2.38 bits per heavy atom. The van der Waals surface area contributed by atoms with Gasteiger partial charge in [-0.1, -0.05) is 0 Å². The Labute approximate surface area is 54.1 Å². The normalized spacial score (nSPS) is 23.6. The highest BCUT2D eigenvalue weighted by molar-refractivity contribution is 7.75. The highest BCUT2D eigenvalue weighted by Crippen LogP contribution is 1.97. The third-order valence-electron chi connectivity index (χ3n) is 1.09. The fourth-order valence-electron chi connectivity index (χ4n) is 0.628. The number of hydroxylamine groups is 2. The Hall–Kier alpha value is 0.230. The first kappa shape index (κ1) is 6.35. The van der Waals surface area contributed by atoms with E-state index in [9.17, 15) is 0 Å². The van der Waals surface area contributed by atoms with Crippen molar-refractivity contribution in [1.29, 1.82) is 0 Å². The number of ether oxygens (including phenoxy) is 1. The van der Waals surface area contributed by atoms with E-state index in [1.165, 1.54) is 0 Å². The average molecular weight is 135 g/mol. The summed E-state index contributed by atoms with van der Waals surface area (Å²) in [5, 5.41) is 1.76. The van der Waals surface area contributed by atoms with Gasteiger partial charge in [-0.05, 0) is 12.9 Å². The van der Waals surface area contributed by atoms with Crippen LogP contribution in [0.2, 0.25) is 0 Å². The van der Waals surface area contributed by atoms with E-state index in [1.807, 2.05) is 0 Å². The van der Waals surface area contributed by atoms with Crippen molar-refractivity contribution in [3.8, 4) is 0 Å². The molecular formula is C4H9NO2S. The predicted octanol–water partition coefficient (Wildman–Crippen LogP) is 0.0950. The quantitative estimate of drug-likeness (QED) is 0.407. The van der Waals surface area contributed by atoms with Crippen molar-refractivity contribution < 1.29 is 9.02 Å². The SMILES string of the molecule is SON1CCOCC1. The van der Waals surface area contributed by atoms with Crippen LogP contribution in [0.25, 0.3) is 0 Å². The van der Waals surface area contributed by atoms with E-state index >= 15 is 0 Å². The lowest BCUT2D eigenvalue weighted by Gasteiger charge is -2.22. The molecule has 0 aromatic heterocycles. The number of hydrogen-bond acceptors (Lipinski definition) is 4. The van der Waals surface area contributed by atoms with Gasteiger partial charge in [-0.15, -0.1) is 0 Å². The van der Waals surface area contributed by atoms with Gasteiger partial charge in [0, 0.05) is 13.1 Å². The molecule has 3 nitrogen and oxygen atoms in total. The summed E-state index contributed by atoms with van der Waals surface area (Å²) in [5.41, 5.74) is 0. The molecule has 0 saturated carbocycles. The number of morpholine rings is 1. The molecule has 1 heterocycles. The number of nitrogens with zero attached hydrogens (tertiary/aromatic N) is 1. The van der Waals surface area contributed by atoms with Crippen LogP contribution in [0.5, 0.6) is 0 Å². The van der Waals surface area contributed by atoms with E-state index in [0.29, 0.717) is 0 Å². The molecular weight excluding hydrogens is 126 g/mol. The maximum atomic E-state index is 5.05. The first-order chi connectivity index (χ1) is 3.93. The van der Waals surface area contributed by atoms with Crippen LogP contribution < -0.4 is 0 Å². The smallest absolute Gasteiger partial charge is 0.0617 e. The third kappa shape index (κ3) is 1.63. The zero-order chi connectivity index (χ0) is 5.82. The Morgan fingerprint density at radius 2 is 2.00 bits per heavy atom. The van der Waals surface area contributed by atoms with Gasteiger partial charge in [0.15, 0.2) is 0 Å². The lowest BCUT2D eigenvalue weighted by molar-refractivity contribution is -0.102. The van der Waals surface area contributed by atoms with Crippen LogP contribution in [0, 0.1) is 0 Å². The van der Waals surface area contributed by atoms with Crippen LogP contribution >= 0.6 is 12.9 Å². The topological polar surface area (TPSA) is 21.7 Å². The molecule has 4 heteroatoms. The predicted molar refractivity (Wildman–Crippen MR) is 32.5 cm³/mol. The molecule has 0 atom stereocenters. The summed E-state index contributed by atoms with van der Waals surface area (Å²) >= 11 is 3.63. The highest BCUT2D eigenvalue weighted by Gasteiger charge is 2.07. The minimum absolute atomic E-state index is 0.751. The molecule has 0 aromatic rings. The highest BCUT2D eigenvalue weighted by atomic mass is 32.1. The van der Waals surface area contributed by atoms with E-state index in [4.69, 9.17) is 4.74 Å². The molecule has 0 aromatic carbocycles. The maximum absolute atomic E-state index is 5.05. The summed E-state index contributed by atoms with van der Waals surface area (Å²) < 4.78 is 9.68. The van der Waals surface area contributed by atoms with Crippen molar-refractivity contribution in [2.24, 2.45) is 0 Å². The molecule has 1 rings (SSSR count). The summed E-state index contributed by atoms with van der Waals surface area (Å²) in [5.74, 6) is 0. The van der Waals surface area contributed by atoms with Gasteiger partial charge in [0.1, 0.15) is 0 Å². The fourth-order valence-corrected chi connectivity index (χ4v) is 0.792. The zero-order valence-electron chi connectivity index (χ0n) is 4.54. The van der Waals surface area contributed by atoms with Gasteiger partial charge < -0.3 is 4.74 Å². The Kier molecular flexibility index (Phi) is 2.62. The third-order valence-corrected chi connectivity index (χ3v) is 1.32. The lowest BCUT2D eigenvalue weighted by atomic mass is 10.5. The molecule has 0 amide bonds. The van der Waals surface area contributed by atoms with Crippen LogP contribution in [0.1, 0.15) is 0 Å². The van der Waals surface area contributed by atoms with Gasteiger partial charge in [0.25, 0.3) is 0 Å². The number of thiol groups is 1. The van der Waals surface area contributed by atoms with Crippen molar-refractivity contribution in [3.05, 3.63) is 0 Å². The van der Waals surface area contributed by atoms with Crippen LogP contribution in [-0.2, 0) is 9.02 Å². The van der Waals surface area contributed by atoms with E-state index in [2.05, 4.69) is 17.2 Å². The van der Waals surface area contributed by atoms with Gasteiger partial charge in [0.05, 0.1) is 13.2 Å². The van der Waals surface area contributed by atoms with Crippen molar-refractivity contribution in [2.75, 3.05) is 26.3 Å². The van der Waals surface area contributed by atoms with Crippen molar-refractivity contribution in [2.45, 2.75) is 0 Å². The maximum Gasteiger partial charge on any atom is 0.0617 e. The standard InChI is InChI=1S/C4H9NO2S/c8-7-5-1-3-6-4-2-5/h8H,1-4H2. The molecule has 8 heavy (non-hydrogen) atoms. The fraction of sp³-hybridized carbons (Fsp3) is 1.00. The van der Waals surface area contributed by atoms with Gasteiger partial charge in [-0.25, -0.2) is 4.28 Å². The molecule has 0 spiro atoms. The van der Waals surface area contributed by atoms with Crippen LogP contribution in [0.15, 0.2) is 0 Å². The first-order valence-corrected chi connectivity index (χ1v) is 2.94. The molecule has 1 fully saturated rings. The van der Waals surface area contributed by atoms with E-state index in [-0.39, 0.29) is 0 Å². The van der Waals surface area contributed by atoms with E-state index in [1.54, 1.807) is 5.06 Å². The summed E-state index contributed by atoms with van der Waals surface area (Å²) in [4.78, 5) is 0. The van der Waals surface area contributed by atoms with Crippen LogP contribution in [-0.4, -0.2) is 31.4 Å². The molecule has 1 aliphatic rings.